The van der Waals surface area contributed by atoms with E-state index in [-0.39, 0.29) is 0 Å². The van der Waals surface area contributed by atoms with Crippen LogP contribution in [0, 0.1) is 0 Å². The van der Waals surface area contributed by atoms with E-state index in [2.05, 4.69) is 34.4 Å². The van der Waals surface area contributed by atoms with E-state index in [1.807, 2.05) is 0 Å². The number of allylic oxidation sites excluding steroid dienone is 1. The molecule has 0 amide bonds. The molecule has 0 aromatic carbocycles. The molecular weight excluding hydrogens is 102 g/mol. The largest absolute Gasteiger partial charge is 0.137 e. The molecule has 0 fully saturated rings. The first kappa shape index (κ1) is 9.06. The predicted octanol–water partition coefficient (Wildman–Crippen LogP) is -2.05. The van der Waals surface area contributed by atoms with Crippen LogP contribution in [0.25, 0.3) is 0 Å². The molecule has 0 aliphatic rings. The zero-order chi connectivity index (χ0) is 7.11. The molecule has 0 atom stereocenters. The fraction of sp³-hybridized carbons (Fsp3) is 0.500. The zero-order valence-corrected chi connectivity index (χ0v) is 6.85. The molecule has 0 bridgehead atoms. The zero-order valence-electron chi connectivity index (χ0n) is 6.85. The van der Waals surface area contributed by atoms with Crippen molar-refractivity contribution in [2.24, 2.45) is 0 Å². The lowest BCUT2D eigenvalue weighted by molar-refractivity contribution is 1.23. The standard InChI is InChI=1S/C4H13B5/c1-2-3-4-9(6)8-7-5/h3-4,7-8H,2,5-6H2,1H3. The fourth-order valence-corrected chi connectivity index (χ4v) is 0.920. The van der Waals surface area contributed by atoms with Crippen molar-refractivity contribution in [3.8, 4) is 0 Å². The smallest absolute Gasteiger partial charge is 0.0859 e. The van der Waals surface area contributed by atoms with Gasteiger partial charge in [-0.2, -0.15) is 0 Å². The Bertz CT molecular complexity index is 81.0. The summed E-state index contributed by atoms with van der Waals surface area (Å²) in [5.41, 5.74) is 0. The normalized spacial score (nSPS) is 9.44. The molecule has 0 rings (SSSR count). The van der Waals surface area contributed by atoms with Gasteiger partial charge in [-0.15, -0.1) is 5.98 Å². The van der Waals surface area contributed by atoms with Crippen molar-refractivity contribution >= 4 is 36.1 Å². The summed E-state index contributed by atoms with van der Waals surface area (Å²) in [6, 6.07) is 0. The summed E-state index contributed by atoms with van der Waals surface area (Å²) >= 11 is 0. The van der Waals surface area contributed by atoms with Crippen LogP contribution in [0.3, 0.4) is 0 Å². The molecule has 0 unspecified atom stereocenters. The van der Waals surface area contributed by atoms with Gasteiger partial charge in [0.15, 0.2) is 0 Å². The first-order valence-corrected chi connectivity index (χ1v) is 3.97. The third kappa shape index (κ3) is 5.94. The van der Waals surface area contributed by atoms with E-state index in [9.17, 15) is 0 Å². The van der Waals surface area contributed by atoms with Crippen LogP contribution in [0.1, 0.15) is 13.3 Å². The minimum Gasteiger partial charge on any atom is -0.137 e. The molecular formula is C4H13B5. The average molecular weight is 115 g/mol. The quantitative estimate of drug-likeness (QED) is 0.370. The molecule has 9 heavy (non-hydrogen) atoms. The van der Waals surface area contributed by atoms with Crippen LogP contribution in [0.4, 0.5) is 0 Å². The highest BCUT2D eigenvalue weighted by atomic mass is 13.6. The Kier molecular flexibility index (Phi) is 6.23. The molecule has 0 radical (unpaired) electrons. The first-order chi connectivity index (χ1) is 4.31. The van der Waals surface area contributed by atoms with Crippen LogP contribution >= 0.6 is 0 Å². The Morgan fingerprint density at radius 1 is 1.67 bits per heavy atom. The van der Waals surface area contributed by atoms with E-state index < -0.39 is 0 Å². The van der Waals surface area contributed by atoms with Crippen LogP contribution < -0.4 is 0 Å². The Morgan fingerprint density at radius 2 is 2.33 bits per heavy atom. The summed E-state index contributed by atoms with van der Waals surface area (Å²) in [7, 11) is 7.14. The van der Waals surface area contributed by atoms with Crippen LogP contribution in [0.15, 0.2) is 12.1 Å². The van der Waals surface area contributed by atoms with E-state index in [1.54, 1.807) is 0 Å². The molecule has 0 nitrogen and oxygen atoms in total. The van der Waals surface area contributed by atoms with E-state index in [0.29, 0.717) is 0 Å². The molecule has 0 saturated carbocycles. The Morgan fingerprint density at radius 3 is 2.78 bits per heavy atom. The molecule has 44 valence electrons. The molecule has 0 aromatic rings. The Hall–Kier alpha value is 0.0647. The third-order valence-corrected chi connectivity index (χ3v) is 1.44. The van der Waals surface area contributed by atoms with Crippen molar-refractivity contribution in [1.82, 2.24) is 0 Å². The van der Waals surface area contributed by atoms with Crippen LogP contribution in [-0.4, -0.2) is 36.1 Å². The Labute approximate surface area is 62.2 Å². The Balaban J connectivity index is 3.25. The monoisotopic (exact) mass is 116 g/mol. The maximum atomic E-state index is 2.31. The van der Waals surface area contributed by atoms with Crippen molar-refractivity contribution in [1.29, 1.82) is 0 Å². The lowest BCUT2D eigenvalue weighted by Crippen LogP contribution is -2.26. The minimum absolute atomic E-state index is 0.787. The molecule has 0 aliphatic carbocycles. The molecule has 0 heterocycles. The highest BCUT2D eigenvalue weighted by molar-refractivity contribution is 7.56. The van der Waals surface area contributed by atoms with Gasteiger partial charge in [0.1, 0.15) is 0 Å². The maximum absolute atomic E-state index is 2.31. The van der Waals surface area contributed by atoms with Gasteiger partial charge in [0.05, 0.1) is 22.0 Å². The topological polar surface area (TPSA) is 0 Å². The summed E-state index contributed by atoms with van der Waals surface area (Å²) in [6.45, 7) is 2.96. The van der Waals surface area contributed by atoms with Crippen molar-refractivity contribution in [3.63, 3.8) is 0 Å². The van der Waals surface area contributed by atoms with E-state index >= 15 is 0 Å². The average Bonchev–Trinajstić information content (AvgIpc) is 1.85. The van der Waals surface area contributed by atoms with Crippen molar-refractivity contribution in [2.75, 3.05) is 0 Å². The van der Waals surface area contributed by atoms with Crippen LogP contribution in [0.2, 0.25) is 0 Å². The molecule has 0 N–H and O–H groups in total. The van der Waals surface area contributed by atoms with Crippen molar-refractivity contribution in [3.05, 3.63) is 12.1 Å². The van der Waals surface area contributed by atoms with Crippen molar-refractivity contribution in [2.45, 2.75) is 13.3 Å². The highest BCUT2D eigenvalue weighted by Gasteiger charge is 1.99. The van der Waals surface area contributed by atoms with Crippen molar-refractivity contribution < 1.29 is 0 Å². The summed E-state index contributed by atoms with van der Waals surface area (Å²) in [6.07, 6.45) is 3.42. The summed E-state index contributed by atoms with van der Waals surface area (Å²) in [5, 5.41) is 0. The SMILES string of the molecule is BBBB(B)C=CCC. The second-order valence-electron chi connectivity index (χ2n) is 2.60. The maximum Gasteiger partial charge on any atom is 0.0859 e. The molecule has 0 aromatic heterocycles. The molecule has 5 heteroatoms. The highest BCUT2D eigenvalue weighted by Crippen LogP contribution is 1.80. The van der Waals surface area contributed by atoms with E-state index in [0.717, 1.165) is 6.49 Å². The second-order valence-corrected chi connectivity index (χ2v) is 2.60. The van der Waals surface area contributed by atoms with Gasteiger partial charge in [0.25, 0.3) is 0 Å². The number of rotatable bonds is 4. The van der Waals surface area contributed by atoms with E-state index in [4.69, 9.17) is 0 Å². The van der Waals surface area contributed by atoms with Crippen LogP contribution in [-0.2, 0) is 0 Å². The summed E-state index contributed by atoms with van der Waals surface area (Å²) < 4.78 is 0. The second kappa shape index (κ2) is 6.19. The number of hydrogen-bond donors (Lipinski definition) is 0. The lowest BCUT2D eigenvalue weighted by Gasteiger charge is -1.93. The first-order valence-electron chi connectivity index (χ1n) is 3.97. The van der Waals surface area contributed by atoms with Gasteiger partial charge in [-0.3, -0.25) is 0 Å². The van der Waals surface area contributed by atoms with Gasteiger partial charge in [-0.25, -0.2) is 0 Å². The molecule has 0 aliphatic heterocycles. The van der Waals surface area contributed by atoms with Gasteiger partial charge in [0, 0.05) is 14.1 Å². The fourth-order valence-electron chi connectivity index (χ4n) is 0.920. The molecule has 0 spiro atoms. The summed E-state index contributed by atoms with van der Waals surface area (Å²) in [4.78, 5) is 0. The van der Waals surface area contributed by atoms with Gasteiger partial charge in [-0.05, 0) is 6.42 Å². The van der Waals surface area contributed by atoms with E-state index in [1.165, 1.54) is 20.5 Å². The lowest BCUT2D eigenvalue weighted by atomic mass is 8.98. The molecule has 0 saturated heterocycles. The minimum atomic E-state index is 0.787. The van der Waals surface area contributed by atoms with Gasteiger partial charge < -0.3 is 0 Å². The predicted molar refractivity (Wildman–Crippen MR) is 56.6 cm³/mol. The van der Waals surface area contributed by atoms with Crippen LogP contribution in [0.5, 0.6) is 0 Å². The van der Waals surface area contributed by atoms with Gasteiger partial charge in [0.2, 0.25) is 0 Å². The third-order valence-electron chi connectivity index (χ3n) is 1.44. The summed E-state index contributed by atoms with van der Waals surface area (Å²) in [5.74, 6) is 2.31. The van der Waals surface area contributed by atoms with Gasteiger partial charge >= 0.3 is 0 Å². The van der Waals surface area contributed by atoms with Gasteiger partial charge in [-0.1, -0.05) is 13.0 Å². The number of hydrogen-bond acceptors (Lipinski definition) is 0.